The Morgan fingerprint density at radius 3 is 2.26 bits per heavy atom. The standard InChI is InChI=1S/C15H20O4/c1-14(2,3)9-7-10(12(19-4)11(16)8-9)15(5-6-15)13(17)18/h7-8,16H,5-6H2,1-4H3,(H,17,18). The van der Waals surface area contributed by atoms with Crippen LogP contribution in [0.5, 0.6) is 11.5 Å². The maximum absolute atomic E-state index is 11.5. The quantitative estimate of drug-likeness (QED) is 0.881. The molecule has 1 aliphatic rings. The van der Waals surface area contributed by atoms with Crippen LogP contribution in [0.3, 0.4) is 0 Å². The van der Waals surface area contributed by atoms with Crippen molar-refractivity contribution in [1.82, 2.24) is 0 Å². The first-order chi connectivity index (χ1) is 8.72. The maximum Gasteiger partial charge on any atom is 0.314 e. The Morgan fingerprint density at radius 2 is 1.89 bits per heavy atom. The highest BCUT2D eigenvalue weighted by Gasteiger charge is 2.54. The van der Waals surface area contributed by atoms with E-state index in [1.807, 2.05) is 26.8 Å². The summed E-state index contributed by atoms with van der Waals surface area (Å²) in [5.41, 5.74) is 0.456. The second-order valence-electron chi connectivity index (χ2n) is 6.21. The molecule has 0 heterocycles. The number of phenolic OH excluding ortho intramolecular Hbond substituents is 1. The molecule has 1 aliphatic carbocycles. The number of aromatic hydroxyl groups is 1. The molecule has 1 aromatic rings. The van der Waals surface area contributed by atoms with Crippen LogP contribution in [0.1, 0.15) is 44.7 Å². The summed E-state index contributed by atoms with van der Waals surface area (Å²) in [6.07, 6.45) is 1.18. The summed E-state index contributed by atoms with van der Waals surface area (Å²) in [4.78, 5) is 11.5. The smallest absolute Gasteiger partial charge is 0.314 e. The molecule has 0 saturated heterocycles. The fourth-order valence-corrected chi connectivity index (χ4v) is 2.34. The number of rotatable bonds is 3. The van der Waals surface area contributed by atoms with Crippen molar-refractivity contribution in [3.05, 3.63) is 23.3 Å². The second-order valence-corrected chi connectivity index (χ2v) is 6.21. The predicted molar refractivity (Wildman–Crippen MR) is 71.9 cm³/mol. The van der Waals surface area contributed by atoms with Crippen molar-refractivity contribution in [3.8, 4) is 11.5 Å². The molecule has 0 amide bonds. The van der Waals surface area contributed by atoms with E-state index in [1.165, 1.54) is 7.11 Å². The van der Waals surface area contributed by atoms with Gasteiger partial charge in [-0.15, -0.1) is 0 Å². The zero-order valence-electron chi connectivity index (χ0n) is 11.8. The summed E-state index contributed by atoms with van der Waals surface area (Å²) < 4.78 is 5.21. The lowest BCUT2D eigenvalue weighted by Crippen LogP contribution is -2.22. The highest BCUT2D eigenvalue weighted by Crippen LogP contribution is 2.54. The van der Waals surface area contributed by atoms with Crippen LogP contribution in [-0.2, 0) is 15.6 Å². The fraction of sp³-hybridized carbons (Fsp3) is 0.533. The maximum atomic E-state index is 11.5. The molecule has 4 nitrogen and oxygen atoms in total. The average Bonchev–Trinajstić information content (AvgIpc) is 3.07. The van der Waals surface area contributed by atoms with Crippen molar-refractivity contribution < 1.29 is 19.7 Å². The summed E-state index contributed by atoms with van der Waals surface area (Å²) >= 11 is 0. The van der Waals surface area contributed by atoms with Crippen LogP contribution in [0.15, 0.2) is 12.1 Å². The predicted octanol–water partition coefficient (Wildman–Crippen LogP) is 2.81. The molecule has 1 fully saturated rings. The van der Waals surface area contributed by atoms with E-state index in [4.69, 9.17) is 4.74 Å². The van der Waals surface area contributed by atoms with Crippen LogP contribution >= 0.6 is 0 Å². The number of hydrogen-bond acceptors (Lipinski definition) is 3. The van der Waals surface area contributed by atoms with Gasteiger partial charge in [0.15, 0.2) is 11.5 Å². The Kier molecular flexibility index (Phi) is 3.00. The molecule has 2 rings (SSSR count). The van der Waals surface area contributed by atoms with Gasteiger partial charge in [0.25, 0.3) is 0 Å². The van der Waals surface area contributed by atoms with Gasteiger partial charge in [0.1, 0.15) is 0 Å². The number of methoxy groups -OCH3 is 1. The minimum Gasteiger partial charge on any atom is -0.504 e. The van der Waals surface area contributed by atoms with Crippen molar-refractivity contribution in [3.63, 3.8) is 0 Å². The number of hydrogen-bond donors (Lipinski definition) is 2. The Bertz CT molecular complexity index is 522. The molecule has 0 radical (unpaired) electrons. The Labute approximate surface area is 113 Å². The van der Waals surface area contributed by atoms with E-state index in [9.17, 15) is 15.0 Å². The minimum absolute atomic E-state index is 0.0115. The molecule has 1 aromatic carbocycles. The van der Waals surface area contributed by atoms with Gasteiger partial charge in [-0.3, -0.25) is 4.79 Å². The largest absolute Gasteiger partial charge is 0.504 e. The third-order valence-electron chi connectivity index (χ3n) is 3.81. The molecule has 0 atom stereocenters. The van der Waals surface area contributed by atoms with Crippen LogP contribution in [-0.4, -0.2) is 23.3 Å². The molecule has 0 unspecified atom stereocenters. The van der Waals surface area contributed by atoms with Crippen LogP contribution in [0.4, 0.5) is 0 Å². The highest BCUT2D eigenvalue weighted by atomic mass is 16.5. The van der Waals surface area contributed by atoms with Gasteiger partial charge in [-0.05, 0) is 29.9 Å². The van der Waals surface area contributed by atoms with Gasteiger partial charge in [-0.2, -0.15) is 0 Å². The molecule has 0 aromatic heterocycles. The first-order valence-electron chi connectivity index (χ1n) is 6.38. The SMILES string of the molecule is COc1c(O)cc(C(C)(C)C)cc1C1(C(=O)O)CC1. The second kappa shape index (κ2) is 4.15. The summed E-state index contributed by atoms with van der Waals surface area (Å²) in [6.45, 7) is 6.08. The third kappa shape index (κ3) is 2.15. The number of carbonyl (C=O) groups is 1. The van der Waals surface area contributed by atoms with Crippen molar-refractivity contribution in [1.29, 1.82) is 0 Å². The van der Waals surface area contributed by atoms with Gasteiger partial charge in [-0.25, -0.2) is 0 Å². The minimum atomic E-state index is -0.885. The summed E-state index contributed by atoms with van der Waals surface area (Å²) in [5, 5.41) is 19.5. The van der Waals surface area contributed by atoms with E-state index in [1.54, 1.807) is 6.07 Å². The van der Waals surface area contributed by atoms with Crippen LogP contribution < -0.4 is 4.74 Å². The molecule has 4 heteroatoms. The van der Waals surface area contributed by atoms with Gasteiger partial charge in [0.2, 0.25) is 0 Å². The van der Waals surface area contributed by atoms with Gasteiger partial charge >= 0.3 is 5.97 Å². The lowest BCUT2D eigenvalue weighted by molar-refractivity contribution is -0.140. The third-order valence-corrected chi connectivity index (χ3v) is 3.81. The van der Waals surface area contributed by atoms with Crippen LogP contribution in [0.25, 0.3) is 0 Å². The fourth-order valence-electron chi connectivity index (χ4n) is 2.34. The topological polar surface area (TPSA) is 66.8 Å². The van der Waals surface area contributed by atoms with Crippen molar-refractivity contribution in [2.24, 2.45) is 0 Å². The van der Waals surface area contributed by atoms with Crippen molar-refractivity contribution in [2.45, 2.75) is 44.4 Å². The molecule has 104 valence electrons. The molecule has 0 spiro atoms. The molecule has 0 aliphatic heterocycles. The zero-order valence-corrected chi connectivity index (χ0v) is 11.8. The molecule has 2 N–H and O–H groups in total. The molecule has 1 saturated carbocycles. The van der Waals surface area contributed by atoms with E-state index in [2.05, 4.69) is 0 Å². The lowest BCUT2D eigenvalue weighted by atomic mass is 9.83. The van der Waals surface area contributed by atoms with E-state index >= 15 is 0 Å². The Morgan fingerprint density at radius 1 is 1.32 bits per heavy atom. The van der Waals surface area contributed by atoms with E-state index < -0.39 is 11.4 Å². The normalized spacial score (nSPS) is 17.1. The van der Waals surface area contributed by atoms with E-state index in [-0.39, 0.29) is 16.9 Å². The van der Waals surface area contributed by atoms with E-state index in [0.717, 1.165) is 5.56 Å². The first kappa shape index (κ1) is 13.7. The number of benzene rings is 1. The number of carboxylic acid groups (broad SMARTS) is 1. The van der Waals surface area contributed by atoms with E-state index in [0.29, 0.717) is 18.4 Å². The zero-order chi connectivity index (χ0) is 14.4. The number of carboxylic acids is 1. The first-order valence-corrected chi connectivity index (χ1v) is 6.38. The molecular formula is C15H20O4. The van der Waals surface area contributed by atoms with Gasteiger partial charge in [0.05, 0.1) is 12.5 Å². The number of aliphatic carboxylic acids is 1. The Hall–Kier alpha value is -1.71. The van der Waals surface area contributed by atoms with Crippen molar-refractivity contribution >= 4 is 5.97 Å². The summed E-state index contributed by atoms with van der Waals surface area (Å²) in [6, 6.07) is 3.51. The summed E-state index contributed by atoms with van der Waals surface area (Å²) in [5.74, 6) is -0.554. The average molecular weight is 264 g/mol. The molecule has 19 heavy (non-hydrogen) atoms. The van der Waals surface area contributed by atoms with Gasteiger partial charge in [-0.1, -0.05) is 26.8 Å². The monoisotopic (exact) mass is 264 g/mol. The molecular weight excluding hydrogens is 244 g/mol. The van der Waals surface area contributed by atoms with Crippen LogP contribution in [0, 0.1) is 0 Å². The van der Waals surface area contributed by atoms with Crippen molar-refractivity contribution in [2.75, 3.05) is 7.11 Å². The van der Waals surface area contributed by atoms with Crippen LogP contribution in [0.2, 0.25) is 0 Å². The van der Waals surface area contributed by atoms with Gasteiger partial charge < -0.3 is 14.9 Å². The Balaban J connectivity index is 2.65. The lowest BCUT2D eigenvalue weighted by Gasteiger charge is -2.24. The number of ether oxygens (including phenoxy) is 1. The summed E-state index contributed by atoms with van der Waals surface area (Å²) in [7, 11) is 1.45. The number of phenols is 1. The van der Waals surface area contributed by atoms with Gasteiger partial charge in [0, 0.05) is 5.56 Å². The molecule has 0 bridgehead atoms. The highest BCUT2D eigenvalue weighted by molar-refractivity contribution is 5.86.